The van der Waals surface area contributed by atoms with E-state index in [9.17, 15) is 4.79 Å². The van der Waals surface area contributed by atoms with Crippen LogP contribution in [-0.4, -0.2) is 53.9 Å². The smallest absolute Gasteiger partial charge is 0.260 e. The molecule has 1 saturated heterocycles. The summed E-state index contributed by atoms with van der Waals surface area (Å²) in [7, 11) is 1.59. The van der Waals surface area contributed by atoms with E-state index in [-0.39, 0.29) is 18.6 Å². The molecule has 0 N–H and O–H groups in total. The largest absolute Gasteiger partial charge is 0.497 e. The Hall–Kier alpha value is -2.83. The maximum atomic E-state index is 12.3. The summed E-state index contributed by atoms with van der Waals surface area (Å²) in [6.07, 6.45) is 0.693. The Morgan fingerprint density at radius 1 is 1.24 bits per heavy atom. The molecule has 1 aliphatic heterocycles. The average molecular weight is 343 g/mol. The molecule has 132 valence electrons. The van der Waals surface area contributed by atoms with Gasteiger partial charge in [0.15, 0.2) is 6.61 Å². The molecule has 1 atom stereocenters. The van der Waals surface area contributed by atoms with Crippen LogP contribution >= 0.6 is 0 Å². The molecule has 0 bridgehead atoms. The molecule has 1 aromatic carbocycles. The van der Waals surface area contributed by atoms with Crippen molar-refractivity contribution in [3.63, 3.8) is 0 Å². The number of amides is 1. The van der Waals surface area contributed by atoms with Crippen molar-refractivity contribution in [2.75, 3.05) is 26.8 Å². The number of hydrogen-bond acceptors (Lipinski definition) is 6. The number of likely N-dealkylation sites (tertiary alicyclic amines) is 1. The molecule has 0 saturated carbocycles. The number of hydrogen-bond donors (Lipinski definition) is 0. The normalized spacial score (nSPS) is 16.6. The van der Waals surface area contributed by atoms with E-state index in [1.807, 2.05) is 25.1 Å². The second-order valence-electron chi connectivity index (χ2n) is 5.85. The fourth-order valence-corrected chi connectivity index (χ4v) is 2.60. The van der Waals surface area contributed by atoms with Crippen LogP contribution in [0.1, 0.15) is 12.1 Å². The van der Waals surface area contributed by atoms with E-state index in [1.54, 1.807) is 30.2 Å². The number of rotatable bonds is 6. The minimum absolute atomic E-state index is 0.00970. The van der Waals surface area contributed by atoms with Crippen LogP contribution in [-0.2, 0) is 4.79 Å². The Morgan fingerprint density at radius 2 is 2.08 bits per heavy atom. The lowest BCUT2D eigenvalue weighted by molar-refractivity contribution is -0.132. The zero-order valence-corrected chi connectivity index (χ0v) is 14.3. The molecule has 7 nitrogen and oxygen atoms in total. The summed E-state index contributed by atoms with van der Waals surface area (Å²) in [5.41, 5.74) is 0.838. The van der Waals surface area contributed by atoms with E-state index in [0.29, 0.717) is 30.5 Å². The predicted molar refractivity (Wildman–Crippen MR) is 90.9 cm³/mol. The first-order valence-corrected chi connectivity index (χ1v) is 8.15. The second kappa shape index (κ2) is 7.83. The van der Waals surface area contributed by atoms with E-state index in [0.717, 1.165) is 12.1 Å². The van der Waals surface area contributed by atoms with Gasteiger partial charge in [0, 0.05) is 25.1 Å². The van der Waals surface area contributed by atoms with E-state index < -0.39 is 0 Å². The molecule has 1 aromatic heterocycles. The van der Waals surface area contributed by atoms with Crippen LogP contribution in [0.25, 0.3) is 0 Å². The quantitative estimate of drug-likeness (QED) is 0.797. The number of aryl methyl sites for hydroxylation is 1. The first kappa shape index (κ1) is 17.0. The third-order valence-corrected chi connectivity index (χ3v) is 3.96. The lowest BCUT2D eigenvalue weighted by Crippen LogP contribution is -2.34. The Kier molecular flexibility index (Phi) is 5.33. The fourth-order valence-electron chi connectivity index (χ4n) is 2.60. The van der Waals surface area contributed by atoms with Gasteiger partial charge in [0.25, 0.3) is 5.91 Å². The van der Waals surface area contributed by atoms with Crippen molar-refractivity contribution in [2.45, 2.75) is 19.4 Å². The Balaban J connectivity index is 1.47. The molecular weight excluding hydrogens is 322 g/mol. The van der Waals surface area contributed by atoms with Gasteiger partial charge in [-0.05, 0) is 25.1 Å². The monoisotopic (exact) mass is 343 g/mol. The van der Waals surface area contributed by atoms with Crippen molar-refractivity contribution in [3.8, 4) is 17.4 Å². The molecule has 7 heteroatoms. The maximum Gasteiger partial charge on any atom is 0.260 e. The maximum absolute atomic E-state index is 12.3. The van der Waals surface area contributed by atoms with Gasteiger partial charge in [-0.3, -0.25) is 4.79 Å². The third-order valence-electron chi connectivity index (χ3n) is 3.96. The van der Waals surface area contributed by atoms with Crippen molar-refractivity contribution in [1.82, 2.24) is 15.1 Å². The molecule has 1 unspecified atom stereocenters. The molecule has 1 fully saturated rings. The Labute approximate surface area is 146 Å². The molecule has 25 heavy (non-hydrogen) atoms. The van der Waals surface area contributed by atoms with Crippen molar-refractivity contribution >= 4 is 5.91 Å². The van der Waals surface area contributed by atoms with Gasteiger partial charge in [-0.2, -0.15) is 5.10 Å². The Bertz CT molecular complexity index is 721. The number of carbonyl (C=O) groups is 1. The van der Waals surface area contributed by atoms with Crippen molar-refractivity contribution in [1.29, 1.82) is 0 Å². The number of methoxy groups -OCH3 is 1. The van der Waals surface area contributed by atoms with Crippen LogP contribution in [0.4, 0.5) is 0 Å². The van der Waals surface area contributed by atoms with Gasteiger partial charge in [0.1, 0.15) is 17.6 Å². The van der Waals surface area contributed by atoms with Crippen LogP contribution in [0.5, 0.6) is 17.4 Å². The van der Waals surface area contributed by atoms with Crippen molar-refractivity contribution in [3.05, 3.63) is 42.1 Å². The van der Waals surface area contributed by atoms with Crippen LogP contribution in [0.3, 0.4) is 0 Å². The molecule has 2 heterocycles. The summed E-state index contributed by atoms with van der Waals surface area (Å²) in [6, 6.07) is 10.8. The highest BCUT2D eigenvalue weighted by Crippen LogP contribution is 2.20. The second-order valence-corrected chi connectivity index (χ2v) is 5.85. The molecular formula is C18H21N3O4. The topological polar surface area (TPSA) is 73.8 Å². The lowest BCUT2D eigenvalue weighted by Gasteiger charge is -2.17. The van der Waals surface area contributed by atoms with Gasteiger partial charge < -0.3 is 19.1 Å². The zero-order valence-electron chi connectivity index (χ0n) is 14.3. The highest BCUT2D eigenvalue weighted by atomic mass is 16.5. The molecule has 3 rings (SSSR count). The Morgan fingerprint density at radius 3 is 2.84 bits per heavy atom. The van der Waals surface area contributed by atoms with E-state index in [4.69, 9.17) is 14.2 Å². The highest BCUT2D eigenvalue weighted by molar-refractivity contribution is 5.78. The molecule has 2 aromatic rings. The number of carbonyl (C=O) groups excluding carboxylic acids is 1. The first-order chi connectivity index (χ1) is 12.1. The van der Waals surface area contributed by atoms with Gasteiger partial charge in [-0.25, -0.2) is 0 Å². The number of benzene rings is 1. The standard InChI is InChI=1S/C18H21N3O4/c1-13-6-7-17(20-19-13)25-16-8-9-21(11-16)18(22)12-24-15-5-3-4-14(10-15)23-2/h3-7,10,16H,8-9,11-12H2,1-2H3. The van der Waals surface area contributed by atoms with Gasteiger partial charge in [0.05, 0.1) is 19.3 Å². The van der Waals surface area contributed by atoms with Crippen molar-refractivity contribution in [2.24, 2.45) is 0 Å². The van der Waals surface area contributed by atoms with Crippen LogP contribution in [0.15, 0.2) is 36.4 Å². The third kappa shape index (κ3) is 4.59. The molecule has 1 amide bonds. The highest BCUT2D eigenvalue weighted by Gasteiger charge is 2.28. The van der Waals surface area contributed by atoms with Gasteiger partial charge >= 0.3 is 0 Å². The van der Waals surface area contributed by atoms with Crippen LogP contribution in [0.2, 0.25) is 0 Å². The minimum atomic E-state index is -0.0715. The van der Waals surface area contributed by atoms with Gasteiger partial charge in [-0.15, -0.1) is 5.10 Å². The minimum Gasteiger partial charge on any atom is -0.497 e. The lowest BCUT2D eigenvalue weighted by atomic mass is 10.3. The SMILES string of the molecule is COc1cccc(OCC(=O)N2CCC(Oc3ccc(C)nn3)C2)c1. The average Bonchev–Trinajstić information content (AvgIpc) is 3.10. The number of aromatic nitrogens is 2. The molecule has 0 aliphatic carbocycles. The van der Waals surface area contributed by atoms with E-state index in [1.165, 1.54) is 0 Å². The van der Waals surface area contributed by atoms with Crippen LogP contribution < -0.4 is 14.2 Å². The predicted octanol–water partition coefficient (Wildman–Crippen LogP) is 1.85. The number of ether oxygens (including phenoxy) is 3. The molecule has 0 spiro atoms. The van der Waals surface area contributed by atoms with E-state index >= 15 is 0 Å². The van der Waals surface area contributed by atoms with E-state index in [2.05, 4.69) is 10.2 Å². The van der Waals surface area contributed by atoms with Gasteiger partial charge in [-0.1, -0.05) is 6.07 Å². The van der Waals surface area contributed by atoms with Gasteiger partial charge in [0.2, 0.25) is 5.88 Å². The summed E-state index contributed by atoms with van der Waals surface area (Å²) in [5.74, 6) is 1.72. The molecule has 0 radical (unpaired) electrons. The summed E-state index contributed by atoms with van der Waals surface area (Å²) in [6.45, 7) is 3.03. The first-order valence-electron chi connectivity index (χ1n) is 8.15. The molecule has 1 aliphatic rings. The summed E-state index contributed by atoms with van der Waals surface area (Å²) >= 11 is 0. The van der Waals surface area contributed by atoms with Crippen LogP contribution in [0, 0.1) is 6.92 Å². The summed E-state index contributed by atoms with van der Waals surface area (Å²) in [4.78, 5) is 14.0. The fraction of sp³-hybridized carbons (Fsp3) is 0.389. The zero-order chi connectivity index (χ0) is 17.6. The number of nitrogens with zero attached hydrogens (tertiary/aromatic N) is 3. The van der Waals surface area contributed by atoms with Crippen molar-refractivity contribution < 1.29 is 19.0 Å². The summed E-state index contributed by atoms with van der Waals surface area (Å²) in [5, 5.41) is 7.96. The summed E-state index contributed by atoms with van der Waals surface area (Å²) < 4.78 is 16.5.